The molecule has 90 valence electrons. The zero-order chi connectivity index (χ0) is 12.6. The van der Waals surface area contributed by atoms with Crippen LogP contribution in [0, 0.1) is 11.3 Å². The van der Waals surface area contributed by atoms with Crippen molar-refractivity contribution in [2.24, 2.45) is 0 Å². The quantitative estimate of drug-likeness (QED) is 0.898. The molecule has 1 aromatic heterocycles. The molecular weight excluding hydrogens is 244 g/mol. The molecule has 1 heterocycles. The molecule has 0 amide bonds. The van der Waals surface area contributed by atoms with Crippen LogP contribution in [0.25, 0.3) is 0 Å². The Balaban J connectivity index is 2.11. The highest BCUT2D eigenvalue weighted by Crippen LogP contribution is 2.47. The zero-order valence-corrected chi connectivity index (χ0v) is 10.5. The molecule has 0 saturated carbocycles. The normalized spacial score (nSPS) is 23.3. The molecule has 2 atom stereocenters. The molecule has 3 nitrogen and oxygen atoms in total. The van der Waals surface area contributed by atoms with Crippen molar-refractivity contribution < 1.29 is 5.11 Å². The van der Waals surface area contributed by atoms with Crippen molar-refractivity contribution in [2.75, 3.05) is 0 Å². The van der Waals surface area contributed by atoms with Crippen molar-refractivity contribution in [3.8, 4) is 6.07 Å². The molecule has 1 aromatic carbocycles. The summed E-state index contributed by atoms with van der Waals surface area (Å²) >= 11 is 1.39. The van der Waals surface area contributed by atoms with Crippen molar-refractivity contribution in [1.82, 2.24) is 4.98 Å². The first kappa shape index (κ1) is 11.4. The summed E-state index contributed by atoms with van der Waals surface area (Å²) in [6.45, 7) is 0. The van der Waals surface area contributed by atoms with Crippen LogP contribution in [-0.2, 0) is 11.8 Å². The number of thiazole rings is 1. The topological polar surface area (TPSA) is 56.9 Å². The van der Waals surface area contributed by atoms with Gasteiger partial charge in [0.25, 0.3) is 0 Å². The Bertz CT molecular complexity index is 603. The fourth-order valence-corrected chi connectivity index (χ4v) is 3.39. The highest BCUT2D eigenvalue weighted by atomic mass is 32.1. The molecule has 0 aliphatic heterocycles. The summed E-state index contributed by atoms with van der Waals surface area (Å²) in [5, 5.41) is 22.6. The Morgan fingerprint density at radius 3 is 3.00 bits per heavy atom. The van der Waals surface area contributed by atoms with E-state index in [1.165, 1.54) is 11.3 Å². The highest BCUT2D eigenvalue weighted by molar-refractivity contribution is 7.09. The lowest BCUT2D eigenvalue weighted by Crippen LogP contribution is -2.29. The lowest BCUT2D eigenvalue weighted by Gasteiger charge is -2.26. The molecule has 0 fully saturated rings. The average molecular weight is 256 g/mol. The van der Waals surface area contributed by atoms with Gasteiger partial charge in [0.15, 0.2) is 0 Å². The van der Waals surface area contributed by atoms with E-state index in [9.17, 15) is 10.4 Å². The molecule has 3 rings (SSSR count). The number of hydrogen-bond donors (Lipinski definition) is 1. The van der Waals surface area contributed by atoms with Gasteiger partial charge >= 0.3 is 0 Å². The monoisotopic (exact) mass is 256 g/mol. The highest BCUT2D eigenvalue weighted by Gasteiger charge is 2.46. The summed E-state index contributed by atoms with van der Waals surface area (Å²) in [7, 11) is 0. The number of aryl methyl sites for hydroxylation is 1. The molecule has 0 spiro atoms. The molecule has 18 heavy (non-hydrogen) atoms. The van der Waals surface area contributed by atoms with E-state index in [2.05, 4.69) is 11.1 Å². The Hall–Kier alpha value is -1.70. The van der Waals surface area contributed by atoms with Crippen LogP contribution >= 0.6 is 11.3 Å². The second-order valence-corrected chi connectivity index (χ2v) is 5.44. The van der Waals surface area contributed by atoms with Gasteiger partial charge < -0.3 is 5.11 Å². The van der Waals surface area contributed by atoms with Gasteiger partial charge in [-0.3, -0.25) is 0 Å². The summed E-state index contributed by atoms with van der Waals surface area (Å²) in [5.41, 5.74) is 1.28. The van der Waals surface area contributed by atoms with Gasteiger partial charge in [0.1, 0.15) is 16.5 Å². The van der Waals surface area contributed by atoms with E-state index in [1.54, 1.807) is 6.20 Å². The van der Waals surface area contributed by atoms with E-state index in [1.807, 2.05) is 29.6 Å². The number of hydrogen-bond acceptors (Lipinski definition) is 4. The molecule has 2 aromatic rings. The maximum absolute atomic E-state index is 10.5. The third-order valence-corrected chi connectivity index (χ3v) is 4.47. The second-order valence-electron chi connectivity index (χ2n) is 4.51. The first-order valence-corrected chi connectivity index (χ1v) is 6.73. The van der Waals surface area contributed by atoms with Crippen LogP contribution in [0.2, 0.25) is 0 Å². The molecule has 1 aliphatic rings. The molecule has 1 aliphatic carbocycles. The molecule has 2 unspecified atom stereocenters. The first-order chi connectivity index (χ1) is 8.78. The zero-order valence-electron chi connectivity index (χ0n) is 9.71. The van der Waals surface area contributed by atoms with E-state index in [-0.39, 0.29) is 0 Å². The number of benzene rings is 1. The van der Waals surface area contributed by atoms with Crippen LogP contribution in [0.15, 0.2) is 35.8 Å². The number of aliphatic hydroxyl groups is 1. The minimum absolute atomic E-state index is 0.619. The minimum Gasteiger partial charge on any atom is -0.384 e. The van der Waals surface area contributed by atoms with Crippen LogP contribution in [-0.4, -0.2) is 10.1 Å². The molecule has 0 bridgehead atoms. The lowest BCUT2D eigenvalue weighted by atomic mass is 9.78. The van der Waals surface area contributed by atoms with Crippen molar-refractivity contribution in [3.05, 3.63) is 52.0 Å². The van der Waals surface area contributed by atoms with E-state index < -0.39 is 11.5 Å². The summed E-state index contributed by atoms with van der Waals surface area (Å²) in [5.74, 6) is 0. The van der Waals surface area contributed by atoms with Gasteiger partial charge in [0.05, 0.1) is 6.07 Å². The van der Waals surface area contributed by atoms with Crippen LogP contribution in [0.4, 0.5) is 0 Å². The minimum atomic E-state index is -0.842. The van der Waals surface area contributed by atoms with E-state index in [0.717, 1.165) is 17.5 Å². The Morgan fingerprint density at radius 2 is 2.28 bits per heavy atom. The Labute approximate surface area is 109 Å². The van der Waals surface area contributed by atoms with Crippen molar-refractivity contribution >= 4 is 11.3 Å². The Morgan fingerprint density at radius 1 is 1.44 bits per heavy atom. The number of fused-ring (bicyclic) bond motifs is 1. The summed E-state index contributed by atoms with van der Waals surface area (Å²) < 4.78 is 0. The first-order valence-electron chi connectivity index (χ1n) is 5.85. The van der Waals surface area contributed by atoms with Crippen LogP contribution < -0.4 is 0 Å². The molecule has 4 heteroatoms. The predicted molar refractivity (Wildman–Crippen MR) is 69.1 cm³/mol. The van der Waals surface area contributed by atoms with Crippen LogP contribution in [0.3, 0.4) is 0 Å². The third-order valence-electron chi connectivity index (χ3n) is 3.64. The number of aliphatic hydroxyl groups excluding tert-OH is 1. The standard InChI is InChI=1S/C14H12N2OS/c15-9-14(12(17)13-16-7-8-18-13)6-5-10-3-1-2-4-11(10)14/h1-4,7-8,12,17H,5-6H2. The lowest BCUT2D eigenvalue weighted by molar-refractivity contribution is 0.110. The van der Waals surface area contributed by atoms with E-state index in [4.69, 9.17) is 0 Å². The molecular formula is C14H12N2OS. The molecule has 0 saturated heterocycles. The van der Waals surface area contributed by atoms with E-state index >= 15 is 0 Å². The summed E-state index contributed by atoms with van der Waals surface area (Å²) in [4.78, 5) is 4.14. The van der Waals surface area contributed by atoms with Crippen molar-refractivity contribution in [1.29, 1.82) is 5.26 Å². The van der Waals surface area contributed by atoms with Gasteiger partial charge in [-0.2, -0.15) is 5.26 Å². The smallest absolute Gasteiger partial charge is 0.128 e. The largest absolute Gasteiger partial charge is 0.384 e. The van der Waals surface area contributed by atoms with Gasteiger partial charge in [-0.05, 0) is 24.0 Å². The number of nitriles is 1. The van der Waals surface area contributed by atoms with Crippen LogP contribution in [0.5, 0.6) is 0 Å². The fourth-order valence-electron chi connectivity index (χ4n) is 2.68. The second kappa shape index (κ2) is 4.20. The van der Waals surface area contributed by atoms with Crippen molar-refractivity contribution in [2.45, 2.75) is 24.4 Å². The maximum atomic E-state index is 10.5. The van der Waals surface area contributed by atoms with Gasteiger partial charge in [-0.15, -0.1) is 11.3 Å². The van der Waals surface area contributed by atoms with Gasteiger partial charge in [0, 0.05) is 11.6 Å². The van der Waals surface area contributed by atoms with Gasteiger partial charge in [0.2, 0.25) is 0 Å². The summed E-state index contributed by atoms with van der Waals surface area (Å²) in [6.07, 6.45) is 2.32. The predicted octanol–water partition coefficient (Wildman–Crippen LogP) is 2.58. The van der Waals surface area contributed by atoms with E-state index in [0.29, 0.717) is 11.4 Å². The third kappa shape index (κ3) is 1.48. The van der Waals surface area contributed by atoms with Gasteiger partial charge in [-0.25, -0.2) is 4.98 Å². The number of rotatable bonds is 2. The SMILES string of the molecule is N#CC1(C(O)c2nccs2)CCc2ccccc21. The van der Waals surface area contributed by atoms with Crippen LogP contribution in [0.1, 0.15) is 28.7 Å². The molecule has 0 radical (unpaired) electrons. The summed E-state index contributed by atoms with van der Waals surface area (Å²) in [6, 6.07) is 10.2. The van der Waals surface area contributed by atoms with Crippen molar-refractivity contribution in [3.63, 3.8) is 0 Å². The Kier molecular flexibility index (Phi) is 2.66. The number of aromatic nitrogens is 1. The fraction of sp³-hybridized carbons (Fsp3) is 0.286. The van der Waals surface area contributed by atoms with Gasteiger partial charge in [-0.1, -0.05) is 24.3 Å². The number of nitrogens with zero attached hydrogens (tertiary/aromatic N) is 2. The maximum Gasteiger partial charge on any atom is 0.128 e. The molecule has 1 N–H and O–H groups in total. The average Bonchev–Trinajstić information content (AvgIpc) is 3.06.